The van der Waals surface area contributed by atoms with Crippen LogP contribution in [0.3, 0.4) is 0 Å². The minimum atomic E-state index is -0.170. The van der Waals surface area contributed by atoms with E-state index >= 15 is 0 Å². The third-order valence-corrected chi connectivity index (χ3v) is 6.11. The summed E-state index contributed by atoms with van der Waals surface area (Å²) in [6.45, 7) is 0.656. The average Bonchev–Trinajstić information content (AvgIpc) is 3.49. The van der Waals surface area contributed by atoms with Crippen molar-refractivity contribution in [1.29, 1.82) is 0 Å². The van der Waals surface area contributed by atoms with Crippen LogP contribution in [0.25, 0.3) is 21.3 Å². The van der Waals surface area contributed by atoms with Crippen molar-refractivity contribution in [2.45, 2.75) is 6.54 Å². The van der Waals surface area contributed by atoms with Gasteiger partial charge in [0.2, 0.25) is 5.95 Å². The lowest BCUT2D eigenvalue weighted by atomic mass is 10.1. The van der Waals surface area contributed by atoms with Gasteiger partial charge in [-0.1, -0.05) is 29.5 Å². The number of amides is 1. The average molecular weight is 424 g/mol. The highest BCUT2D eigenvalue weighted by molar-refractivity contribution is 7.22. The first-order chi connectivity index (χ1) is 15.2. The van der Waals surface area contributed by atoms with E-state index in [0.717, 1.165) is 43.2 Å². The Labute approximate surface area is 180 Å². The van der Waals surface area contributed by atoms with Crippen LogP contribution in [-0.4, -0.2) is 27.1 Å². The molecular weight excluding hydrogens is 408 g/mol. The Morgan fingerprint density at radius 2 is 1.94 bits per heavy atom. The first-order valence-corrected chi connectivity index (χ1v) is 10.6. The molecule has 0 bridgehead atoms. The molecule has 150 valence electrons. The molecule has 0 atom stereocenters. The highest BCUT2D eigenvalue weighted by atomic mass is 32.1. The number of H-pyrrole nitrogens is 1. The fourth-order valence-electron chi connectivity index (χ4n) is 3.63. The van der Waals surface area contributed by atoms with E-state index in [-0.39, 0.29) is 5.91 Å². The van der Waals surface area contributed by atoms with E-state index in [0.29, 0.717) is 18.1 Å². The summed E-state index contributed by atoms with van der Waals surface area (Å²) in [6.07, 6.45) is 1.85. The van der Waals surface area contributed by atoms with Crippen LogP contribution in [0.4, 0.5) is 16.8 Å². The number of benzene rings is 3. The Morgan fingerprint density at radius 1 is 1.00 bits per heavy atom. The molecule has 0 unspecified atom stereocenters. The van der Waals surface area contributed by atoms with Gasteiger partial charge in [0.15, 0.2) is 5.13 Å². The zero-order valence-corrected chi connectivity index (χ0v) is 17.0. The van der Waals surface area contributed by atoms with Gasteiger partial charge in [-0.2, -0.15) is 0 Å². The Kier molecular flexibility index (Phi) is 4.03. The maximum absolute atomic E-state index is 12.8. The SMILES string of the molecule is O=C(Nc1ccc2c(c1)CN=C2)c1ccc2nc(Nc3nc4ccccc4s3)[nH]c2c1. The summed E-state index contributed by atoms with van der Waals surface area (Å²) in [5, 5.41) is 6.95. The Hall–Kier alpha value is -4.04. The second-order valence-electron chi connectivity index (χ2n) is 7.27. The smallest absolute Gasteiger partial charge is 0.255 e. The fraction of sp³-hybridized carbons (Fsp3) is 0.0435. The van der Waals surface area contributed by atoms with E-state index in [1.165, 1.54) is 0 Å². The van der Waals surface area contributed by atoms with E-state index in [4.69, 9.17) is 0 Å². The van der Waals surface area contributed by atoms with Crippen molar-refractivity contribution in [3.8, 4) is 0 Å². The van der Waals surface area contributed by atoms with Crippen molar-refractivity contribution in [2.75, 3.05) is 10.6 Å². The number of rotatable bonds is 4. The molecule has 1 amide bonds. The van der Waals surface area contributed by atoms with Crippen molar-refractivity contribution in [3.05, 3.63) is 77.4 Å². The van der Waals surface area contributed by atoms with Crippen molar-refractivity contribution in [2.24, 2.45) is 4.99 Å². The molecule has 31 heavy (non-hydrogen) atoms. The van der Waals surface area contributed by atoms with Gasteiger partial charge in [0.05, 0.1) is 27.8 Å². The monoisotopic (exact) mass is 424 g/mol. The van der Waals surface area contributed by atoms with Crippen molar-refractivity contribution in [1.82, 2.24) is 15.0 Å². The minimum Gasteiger partial charge on any atom is -0.324 e. The van der Waals surface area contributed by atoms with Gasteiger partial charge in [0.25, 0.3) is 5.91 Å². The van der Waals surface area contributed by atoms with Crippen LogP contribution in [0, 0.1) is 0 Å². The Morgan fingerprint density at radius 3 is 2.87 bits per heavy atom. The molecule has 6 rings (SSSR count). The predicted octanol–water partition coefficient (Wildman–Crippen LogP) is 5.10. The van der Waals surface area contributed by atoms with Gasteiger partial charge in [0.1, 0.15) is 0 Å². The summed E-state index contributed by atoms with van der Waals surface area (Å²) in [5.41, 5.74) is 6.03. The largest absolute Gasteiger partial charge is 0.324 e. The second kappa shape index (κ2) is 7.03. The molecule has 1 aliphatic heterocycles. The molecule has 0 saturated carbocycles. The van der Waals surface area contributed by atoms with Crippen LogP contribution < -0.4 is 10.6 Å². The number of fused-ring (bicyclic) bond motifs is 3. The van der Waals surface area contributed by atoms with Gasteiger partial charge >= 0.3 is 0 Å². The molecule has 3 heterocycles. The van der Waals surface area contributed by atoms with Gasteiger partial charge in [0, 0.05) is 17.5 Å². The van der Waals surface area contributed by atoms with E-state index < -0.39 is 0 Å². The van der Waals surface area contributed by atoms with Gasteiger partial charge in [-0.25, -0.2) is 9.97 Å². The third-order valence-electron chi connectivity index (χ3n) is 5.16. The van der Waals surface area contributed by atoms with Crippen LogP contribution in [0.15, 0.2) is 65.7 Å². The number of nitrogens with zero attached hydrogens (tertiary/aromatic N) is 3. The molecule has 8 heteroatoms. The number of carbonyl (C=O) groups excluding carboxylic acids is 1. The molecule has 3 aromatic carbocycles. The predicted molar refractivity (Wildman–Crippen MR) is 125 cm³/mol. The number of thiazole rings is 1. The van der Waals surface area contributed by atoms with E-state index in [1.54, 1.807) is 23.5 Å². The maximum Gasteiger partial charge on any atom is 0.255 e. The standard InChI is InChI=1S/C23H16N6OS/c30-21(25-16-7-5-14-11-24-12-15(14)9-16)13-6-8-17-19(10-13)27-22(26-17)29-23-28-18-3-1-2-4-20(18)31-23/h1-11H,12H2,(H,25,30)(H2,26,27,28,29). The molecule has 7 nitrogen and oxygen atoms in total. The van der Waals surface area contributed by atoms with Gasteiger partial charge in [-0.15, -0.1) is 0 Å². The zero-order chi connectivity index (χ0) is 20.8. The first-order valence-electron chi connectivity index (χ1n) is 9.78. The number of imidazole rings is 1. The van der Waals surface area contributed by atoms with Crippen LogP contribution >= 0.6 is 11.3 Å². The van der Waals surface area contributed by atoms with Crippen LogP contribution in [-0.2, 0) is 6.54 Å². The van der Waals surface area contributed by atoms with Crippen LogP contribution in [0.5, 0.6) is 0 Å². The zero-order valence-electron chi connectivity index (χ0n) is 16.2. The first kappa shape index (κ1) is 17.8. The van der Waals surface area contributed by atoms with E-state index in [1.807, 2.05) is 54.7 Å². The summed E-state index contributed by atoms with van der Waals surface area (Å²) in [6, 6.07) is 19.2. The Balaban J connectivity index is 1.23. The third kappa shape index (κ3) is 3.32. The molecule has 3 N–H and O–H groups in total. The molecule has 0 radical (unpaired) electrons. The molecular formula is C23H16N6OS. The molecule has 0 spiro atoms. The minimum absolute atomic E-state index is 0.170. The highest BCUT2D eigenvalue weighted by Gasteiger charge is 2.13. The normalized spacial score (nSPS) is 12.4. The lowest BCUT2D eigenvalue weighted by Gasteiger charge is -2.07. The summed E-state index contributed by atoms with van der Waals surface area (Å²) >= 11 is 1.56. The number of carbonyl (C=O) groups is 1. The number of nitrogens with one attached hydrogen (secondary N) is 3. The fourth-order valence-corrected chi connectivity index (χ4v) is 4.49. The van der Waals surface area contributed by atoms with Crippen molar-refractivity contribution in [3.63, 3.8) is 0 Å². The molecule has 5 aromatic rings. The number of para-hydroxylation sites is 1. The lowest BCUT2D eigenvalue weighted by molar-refractivity contribution is 0.102. The summed E-state index contributed by atoms with van der Waals surface area (Å²) in [5.74, 6) is 0.418. The quantitative estimate of drug-likeness (QED) is 0.374. The van der Waals surface area contributed by atoms with Gasteiger partial charge in [-0.3, -0.25) is 9.79 Å². The highest BCUT2D eigenvalue weighted by Crippen LogP contribution is 2.28. The molecule has 0 saturated heterocycles. The number of aromatic nitrogens is 3. The van der Waals surface area contributed by atoms with Gasteiger partial charge < -0.3 is 15.6 Å². The van der Waals surface area contributed by atoms with Crippen LogP contribution in [0.1, 0.15) is 21.5 Å². The maximum atomic E-state index is 12.8. The molecule has 1 aliphatic rings. The summed E-state index contributed by atoms with van der Waals surface area (Å²) in [7, 11) is 0. The summed E-state index contributed by atoms with van der Waals surface area (Å²) in [4.78, 5) is 29.4. The molecule has 2 aromatic heterocycles. The number of hydrogen-bond acceptors (Lipinski definition) is 6. The van der Waals surface area contributed by atoms with E-state index in [2.05, 4.69) is 30.6 Å². The van der Waals surface area contributed by atoms with Crippen molar-refractivity contribution < 1.29 is 4.79 Å². The van der Waals surface area contributed by atoms with Crippen molar-refractivity contribution >= 4 is 61.5 Å². The second-order valence-corrected chi connectivity index (χ2v) is 8.30. The van der Waals surface area contributed by atoms with Gasteiger partial charge in [-0.05, 0) is 53.6 Å². The molecule has 0 fully saturated rings. The number of aliphatic imine (C=N–C) groups is 1. The summed E-state index contributed by atoms with van der Waals surface area (Å²) < 4.78 is 1.11. The topological polar surface area (TPSA) is 95.1 Å². The number of aromatic amines is 1. The lowest BCUT2D eigenvalue weighted by Crippen LogP contribution is -2.12. The number of hydrogen-bond donors (Lipinski definition) is 3. The van der Waals surface area contributed by atoms with E-state index in [9.17, 15) is 4.79 Å². The van der Waals surface area contributed by atoms with Crippen LogP contribution in [0.2, 0.25) is 0 Å². The number of anilines is 3. The molecule has 0 aliphatic carbocycles. The Bertz CT molecular complexity index is 1470.